The van der Waals surface area contributed by atoms with Gasteiger partial charge in [-0.05, 0) is 36.8 Å². The number of aryl methyl sites for hydroxylation is 1. The number of nitrogens with zero attached hydrogens (tertiary/aromatic N) is 1. The molecule has 2 aromatic carbocycles. The van der Waals surface area contributed by atoms with Gasteiger partial charge in [0, 0.05) is 24.2 Å². The lowest BCUT2D eigenvalue weighted by Crippen LogP contribution is -2.34. The van der Waals surface area contributed by atoms with E-state index in [1.807, 2.05) is 25.1 Å². The minimum Gasteiger partial charge on any atom is -0.454 e. The second-order valence-electron chi connectivity index (χ2n) is 6.09. The van der Waals surface area contributed by atoms with Crippen LogP contribution in [0.4, 0.5) is 0 Å². The maximum Gasteiger partial charge on any atom is 0.325 e. The second-order valence-corrected chi connectivity index (χ2v) is 6.53. The van der Waals surface area contributed by atoms with E-state index in [0.717, 1.165) is 11.1 Å². The Morgan fingerprint density at radius 1 is 1.11 bits per heavy atom. The van der Waals surface area contributed by atoms with Gasteiger partial charge >= 0.3 is 5.97 Å². The maximum absolute atomic E-state index is 12.1. The van der Waals surface area contributed by atoms with Crippen LogP contribution in [0.15, 0.2) is 48.5 Å². The summed E-state index contributed by atoms with van der Waals surface area (Å²) < 4.78 is 4.93. The molecule has 0 radical (unpaired) electrons. The van der Waals surface area contributed by atoms with Crippen molar-refractivity contribution in [3.05, 3.63) is 70.2 Å². The van der Waals surface area contributed by atoms with Crippen molar-refractivity contribution in [2.45, 2.75) is 13.5 Å². The standard InChI is InChI=1S/C20H21ClN2O4/c1-14-4-3-5-16(10-14)20(26)22-11-19(25)27-13-18(24)23(2)12-15-6-8-17(21)9-7-15/h3-10H,11-13H2,1-2H3,(H,22,26). The van der Waals surface area contributed by atoms with Gasteiger partial charge in [-0.1, -0.05) is 41.4 Å². The average molecular weight is 389 g/mol. The molecule has 0 aliphatic rings. The van der Waals surface area contributed by atoms with Gasteiger partial charge in [0.25, 0.3) is 11.8 Å². The molecule has 0 aliphatic carbocycles. The number of hydrogen-bond donors (Lipinski definition) is 1. The Bertz CT molecular complexity index is 821. The molecule has 0 saturated heterocycles. The monoisotopic (exact) mass is 388 g/mol. The highest BCUT2D eigenvalue weighted by molar-refractivity contribution is 6.30. The number of ether oxygens (including phenoxy) is 1. The number of esters is 1. The number of benzene rings is 2. The van der Waals surface area contributed by atoms with Gasteiger partial charge < -0.3 is 15.0 Å². The third kappa shape index (κ3) is 6.75. The van der Waals surface area contributed by atoms with E-state index in [0.29, 0.717) is 17.1 Å². The minimum atomic E-state index is -0.677. The van der Waals surface area contributed by atoms with Crippen molar-refractivity contribution in [2.24, 2.45) is 0 Å². The fraction of sp³-hybridized carbons (Fsp3) is 0.250. The molecule has 0 unspecified atom stereocenters. The zero-order chi connectivity index (χ0) is 19.8. The number of likely N-dealkylation sites (N-methyl/N-ethyl adjacent to an activating group) is 1. The molecular formula is C20H21ClN2O4. The molecule has 27 heavy (non-hydrogen) atoms. The molecular weight excluding hydrogens is 368 g/mol. The molecule has 142 valence electrons. The lowest BCUT2D eigenvalue weighted by atomic mass is 10.1. The molecule has 6 nitrogen and oxygen atoms in total. The number of amides is 2. The summed E-state index contributed by atoms with van der Waals surface area (Å²) in [6.45, 7) is 1.55. The Balaban J connectivity index is 1.73. The first-order chi connectivity index (χ1) is 12.8. The van der Waals surface area contributed by atoms with E-state index in [2.05, 4.69) is 5.32 Å². The maximum atomic E-state index is 12.1. The molecule has 0 bridgehead atoms. The van der Waals surface area contributed by atoms with Crippen LogP contribution in [0.25, 0.3) is 0 Å². The number of nitrogens with one attached hydrogen (secondary N) is 1. The molecule has 7 heteroatoms. The van der Waals surface area contributed by atoms with Crippen molar-refractivity contribution >= 4 is 29.4 Å². The van der Waals surface area contributed by atoms with Crippen LogP contribution in [-0.4, -0.2) is 42.9 Å². The molecule has 0 saturated carbocycles. The Labute approximate surface area is 163 Å². The zero-order valence-electron chi connectivity index (χ0n) is 15.2. The highest BCUT2D eigenvalue weighted by Gasteiger charge is 2.14. The quantitative estimate of drug-likeness (QED) is 0.740. The van der Waals surface area contributed by atoms with Gasteiger partial charge in [-0.3, -0.25) is 14.4 Å². The van der Waals surface area contributed by atoms with Gasteiger partial charge in [0.2, 0.25) is 0 Å². The summed E-state index contributed by atoms with van der Waals surface area (Å²) in [6.07, 6.45) is 0. The molecule has 2 rings (SSSR count). The van der Waals surface area contributed by atoms with Gasteiger partial charge in [0.1, 0.15) is 6.54 Å². The van der Waals surface area contributed by atoms with E-state index < -0.39 is 5.97 Å². The Morgan fingerprint density at radius 3 is 2.48 bits per heavy atom. The van der Waals surface area contributed by atoms with Crippen LogP contribution in [0.5, 0.6) is 0 Å². The van der Waals surface area contributed by atoms with E-state index in [1.165, 1.54) is 4.90 Å². The van der Waals surface area contributed by atoms with E-state index in [-0.39, 0.29) is 25.0 Å². The second kappa shape index (κ2) is 9.73. The van der Waals surface area contributed by atoms with E-state index in [1.54, 1.807) is 37.4 Å². The highest BCUT2D eigenvalue weighted by atomic mass is 35.5. The average Bonchev–Trinajstić information content (AvgIpc) is 2.65. The Kier molecular flexibility index (Phi) is 7.37. The summed E-state index contributed by atoms with van der Waals surface area (Å²) in [5, 5.41) is 3.09. The van der Waals surface area contributed by atoms with Crippen LogP contribution in [0.1, 0.15) is 21.5 Å². The molecule has 1 N–H and O–H groups in total. The summed E-state index contributed by atoms with van der Waals surface area (Å²) >= 11 is 5.83. The topological polar surface area (TPSA) is 75.7 Å². The molecule has 0 aromatic heterocycles. The molecule has 0 aliphatic heterocycles. The lowest BCUT2D eigenvalue weighted by molar-refractivity contribution is -0.150. The zero-order valence-corrected chi connectivity index (χ0v) is 16.0. The Morgan fingerprint density at radius 2 is 1.81 bits per heavy atom. The van der Waals surface area contributed by atoms with Crippen LogP contribution in [0.2, 0.25) is 5.02 Å². The summed E-state index contributed by atoms with van der Waals surface area (Å²) in [7, 11) is 1.62. The number of carbonyl (C=O) groups excluding carboxylic acids is 3. The molecule has 0 spiro atoms. The van der Waals surface area contributed by atoms with Gasteiger partial charge in [-0.25, -0.2) is 0 Å². The van der Waals surface area contributed by atoms with Gasteiger partial charge in [0.15, 0.2) is 6.61 Å². The fourth-order valence-corrected chi connectivity index (χ4v) is 2.42. The summed E-state index contributed by atoms with van der Waals surface area (Å²) in [6, 6.07) is 14.1. The van der Waals surface area contributed by atoms with Crippen molar-refractivity contribution in [1.29, 1.82) is 0 Å². The van der Waals surface area contributed by atoms with E-state index in [4.69, 9.17) is 16.3 Å². The van der Waals surface area contributed by atoms with Crippen molar-refractivity contribution in [3.63, 3.8) is 0 Å². The number of rotatable bonds is 7. The molecule has 0 atom stereocenters. The largest absolute Gasteiger partial charge is 0.454 e. The highest BCUT2D eigenvalue weighted by Crippen LogP contribution is 2.11. The fourth-order valence-electron chi connectivity index (χ4n) is 2.30. The lowest BCUT2D eigenvalue weighted by Gasteiger charge is -2.17. The first-order valence-corrected chi connectivity index (χ1v) is 8.72. The van der Waals surface area contributed by atoms with Gasteiger partial charge in [-0.2, -0.15) is 0 Å². The number of halogens is 1. The predicted molar refractivity (Wildman–Crippen MR) is 102 cm³/mol. The summed E-state index contributed by atoms with van der Waals surface area (Å²) in [4.78, 5) is 37.2. The van der Waals surface area contributed by atoms with Crippen molar-refractivity contribution in [3.8, 4) is 0 Å². The van der Waals surface area contributed by atoms with E-state index >= 15 is 0 Å². The predicted octanol–water partition coefficient (Wildman–Crippen LogP) is 2.58. The van der Waals surface area contributed by atoms with Crippen LogP contribution in [-0.2, 0) is 20.9 Å². The van der Waals surface area contributed by atoms with Gasteiger partial charge in [0.05, 0.1) is 0 Å². The summed E-state index contributed by atoms with van der Waals surface area (Å²) in [5.74, 6) is -1.39. The third-order valence-electron chi connectivity index (χ3n) is 3.79. The first kappa shape index (κ1) is 20.5. The number of hydrogen-bond acceptors (Lipinski definition) is 4. The van der Waals surface area contributed by atoms with Crippen LogP contribution in [0, 0.1) is 6.92 Å². The molecule has 0 heterocycles. The van der Waals surface area contributed by atoms with E-state index in [9.17, 15) is 14.4 Å². The SMILES string of the molecule is Cc1cccc(C(=O)NCC(=O)OCC(=O)N(C)Cc2ccc(Cl)cc2)c1. The molecule has 2 amide bonds. The van der Waals surface area contributed by atoms with Crippen molar-refractivity contribution < 1.29 is 19.1 Å². The van der Waals surface area contributed by atoms with Crippen molar-refractivity contribution in [2.75, 3.05) is 20.2 Å². The van der Waals surface area contributed by atoms with Crippen LogP contribution >= 0.6 is 11.6 Å². The Hall–Kier alpha value is -2.86. The normalized spacial score (nSPS) is 10.2. The van der Waals surface area contributed by atoms with Crippen LogP contribution < -0.4 is 5.32 Å². The van der Waals surface area contributed by atoms with Crippen molar-refractivity contribution in [1.82, 2.24) is 10.2 Å². The summed E-state index contributed by atoms with van der Waals surface area (Å²) in [5.41, 5.74) is 2.31. The smallest absolute Gasteiger partial charge is 0.325 e. The number of carbonyl (C=O) groups is 3. The molecule has 0 fully saturated rings. The minimum absolute atomic E-state index is 0.305. The first-order valence-electron chi connectivity index (χ1n) is 8.34. The van der Waals surface area contributed by atoms with Crippen LogP contribution in [0.3, 0.4) is 0 Å². The van der Waals surface area contributed by atoms with Gasteiger partial charge in [-0.15, -0.1) is 0 Å². The third-order valence-corrected chi connectivity index (χ3v) is 4.04. The molecule has 2 aromatic rings.